The van der Waals surface area contributed by atoms with Crippen molar-refractivity contribution in [2.75, 3.05) is 0 Å². The maximum absolute atomic E-state index is 2.47. The monoisotopic (exact) mass is 820 g/mol. The van der Waals surface area contributed by atoms with Gasteiger partial charge < -0.3 is 24.8 Å². The van der Waals surface area contributed by atoms with E-state index in [0.717, 1.165) is 11.8 Å². The van der Waals surface area contributed by atoms with Gasteiger partial charge in [-0.3, -0.25) is 0 Å². The quantitative estimate of drug-likeness (QED) is 0.121. The normalized spacial score (nSPS) is 14.8. The van der Waals surface area contributed by atoms with Gasteiger partial charge in [0.2, 0.25) is 0 Å². The van der Waals surface area contributed by atoms with E-state index < -0.39 is 0 Å². The summed E-state index contributed by atoms with van der Waals surface area (Å²) >= 11 is 1.74. The van der Waals surface area contributed by atoms with Crippen LogP contribution in [0.5, 0.6) is 0 Å². The second kappa shape index (κ2) is 20.5. The van der Waals surface area contributed by atoms with E-state index in [1.165, 1.54) is 125 Å². The third kappa shape index (κ3) is 10.9. The SMILES string of the molecule is CC(C)c1ccc(-c2cccc3[cH-]c(C4CCCCC4)cc23)cc1.C[Si](C)=[Zr+2].Cc1cc2c(-c3ccc(C4CCCCC4)cc3)cccc2[cH-]1.[Cl-].[Cl-]. The summed E-state index contributed by atoms with van der Waals surface area (Å²) in [6.45, 7) is 11.3. The van der Waals surface area contributed by atoms with Gasteiger partial charge in [0.05, 0.1) is 0 Å². The van der Waals surface area contributed by atoms with Crippen LogP contribution in [0.15, 0.2) is 109 Å². The van der Waals surface area contributed by atoms with Crippen LogP contribution in [0.2, 0.25) is 13.1 Å². The van der Waals surface area contributed by atoms with E-state index in [-0.39, 0.29) is 30.2 Å². The molecule has 0 heterocycles. The molecule has 0 spiro atoms. The molecule has 0 atom stereocenters. The van der Waals surface area contributed by atoms with Gasteiger partial charge in [-0.15, -0.1) is 69.1 Å². The Kier molecular flexibility index (Phi) is 16.7. The average Bonchev–Trinajstić information content (AvgIpc) is 3.76. The first kappa shape index (κ1) is 42.5. The Morgan fingerprint density at radius 1 is 0.596 bits per heavy atom. The molecule has 4 heteroatoms. The van der Waals surface area contributed by atoms with Gasteiger partial charge >= 0.3 is 41.9 Å². The first-order chi connectivity index (χ1) is 24.3. The van der Waals surface area contributed by atoms with Gasteiger partial charge in [-0.2, -0.15) is 12.1 Å². The van der Waals surface area contributed by atoms with Crippen molar-refractivity contribution in [3.63, 3.8) is 0 Å². The number of benzene rings is 4. The van der Waals surface area contributed by atoms with Crippen LogP contribution in [0.1, 0.15) is 118 Å². The molecule has 0 nitrogen and oxygen atoms in total. The summed E-state index contributed by atoms with van der Waals surface area (Å²) in [6, 6.07) is 41.4. The van der Waals surface area contributed by atoms with Crippen LogP contribution >= 0.6 is 0 Å². The summed E-state index contributed by atoms with van der Waals surface area (Å²) in [6.07, 6.45) is 13.9. The standard InChI is InChI=1S/C24H27.C22H23.C2H6Si.2ClH.Zr/c1-17(2)18-11-13-20(14-12-18)23-10-6-9-21-15-22(16-24(21)23)19-7-4-3-5-8-19;1-16-14-20-8-5-9-21(22(20)15-16)19-12-10-18(11-13-19)17-6-3-2-4-7-17;1-3-2;;;/h6,9-17,19H,3-5,7-8H2,1-2H3;5,8-15,17H,2-4,6-7H2,1H3;1-2H3;2*1H;/q2*-1;;;;+2/p-2. The van der Waals surface area contributed by atoms with Crippen LogP contribution in [0.25, 0.3) is 43.8 Å². The molecular weight excluding hydrogens is 767 g/mol. The van der Waals surface area contributed by atoms with Crippen molar-refractivity contribution in [1.29, 1.82) is 0 Å². The molecular formula is C48H56Cl2SiZr-2. The van der Waals surface area contributed by atoms with Gasteiger partial charge in [-0.25, -0.2) is 0 Å². The van der Waals surface area contributed by atoms with Gasteiger partial charge in [0.15, 0.2) is 0 Å². The van der Waals surface area contributed by atoms with E-state index in [0.29, 0.717) is 5.92 Å². The van der Waals surface area contributed by atoms with Crippen LogP contribution in [-0.4, -0.2) is 5.43 Å². The van der Waals surface area contributed by atoms with Gasteiger partial charge in [0, 0.05) is 0 Å². The molecule has 0 unspecified atom stereocenters. The zero-order valence-corrected chi connectivity index (χ0v) is 36.9. The van der Waals surface area contributed by atoms with Gasteiger partial charge in [-0.05, 0) is 65.7 Å². The maximum atomic E-state index is 2.47. The Bertz CT molecular complexity index is 1980. The van der Waals surface area contributed by atoms with Crippen molar-refractivity contribution >= 4 is 27.0 Å². The van der Waals surface area contributed by atoms with E-state index in [1.54, 1.807) is 28.9 Å². The van der Waals surface area contributed by atoms with Crippen molar-refractivity contribution in [3.05, 3.63) is 131 Å². The molecule has 6 aromatic carbocycles. The largest absolute Gasteiger partial charge is 1.00 e. The number of fused-ring (bicyclic) bond motifs is 2. The Hall–Kier alpha value is -2.22. The Morgan fingerprint density at radius 3 is 1.58 bits per heavy atom. The summed E-state index contributed by atoms with van der Waals surface area (Å²) < 4.78 is 0. The predicted octanol–water partition coefficient (Wildman–Crippen LogP) is 8.77. The Labute approximate surface area is 342 Å². The minimum Gasteiger partial charge on any atom is -1.00 e. The van der Waals surface area contributed by atoms with Crippen LogP contribution in [0, 0.1) is 6.92 Å². The minimum atomic E-state index is 0. The first-order valence-electron chi connectivity index (χ1n) is 19.3. The molecule has 0 radical (unpaired) electrons. The number of rotatable bonds is 5. The first-order valence-corrected chi connectivity index (χ1v) is 25.5. The molecule has 0 N–H and O–H groups in total. The van der Waals surface area contributed by atoms with Gasteiger partial charge in [0.25, 0.3) is 0 Å². The fraction of sp³-hybridized carbons (Fsp3) is 0.375. The molecule has 272 valence electrons. The second-order valence-electron chi connectivity index (χ2n) is 15.5. The summed E-state index contributed by atoms with van der Waals surface area (Å²) in [5.74, 6) is 2.16. The van der Waals surface area contributed by atoms with E-state index in [2.05, 4.69) is 143 Å². The second-order valence-corrected chi connectivity index (χ2v) is 24.9. The molecule has 2 aliphatic carbocycles. The fourth-order valence-electron chi connectivity index (χ4n) is 8.24. The molecule has 2 fully saturated rings. The molecule has 2 aliphatic rings. The van der Waals surface area contributed by atoms with Crippen LogP contribution in [0.3, 0.4) is 0 Å². The van der Waals surface area contributed by atoms with Crippen LogP contribution < -0.4 is 24.8 Å². The smallest absolute Gasteiger partial charge is 0.0162 e. The van der Waals surface area contributed by atoms with Crippen molar-refractivity contribution in [2.45, 2.75) is 116 Å². The molecule has 52 heavy (non-hydrogen) atoms. The Morgan fingerprint density at radius 2 is 1.06 bits per heavy atom. The number of hydrogen-bond acceptors (Lipinski definition) is 0. The van der Waals surface area contributed by atoms with E-state index in [4.69, 9.17) is 0 Å². The topological polar surface area (TPSA) is 0 Å². The molecule has 0 aromatic heterocycles. The van der Waals surface area contributed by atoms with Crippen molar-refractivity contribution in [1.82, 2.24) is 0 Å². The molecule has 0 aliphatic heterocycles. The summed E-state index contributed by atoms with van der Waals surface area (Å²) in [7, 11) is 0. The average molecular weight is 823 g/mol. The number of aryl methyl sites for hydroxylation is 1. The van der Waals surface area contributed by atoms with Gasteiger partial charge in [0.1, 0.15) is 0 Å². The molecule has 0 bridgehead atoms. The molecule has 0 amide bonds. The number of halogens is 2. The molecule has 0 saturated heterocycles. The number of hydrogen-bond donors (Lipinski definition) is 0. The third-order valence-corrected chi connectivity index (χ3v) is 10.9. The zero-order valence-electron chi connectivity index (χ0n) is 32.0. The summed E-state index contributed by atoms with van der Waals surface area (Å²) in [5, 5.41) is 5.56. The summed E-state index contributed by atoms with van der Waals surface area (Å²) in [4.78, 5) is 0. The molecule has 8 rings (SSSR count). The third-order valence-electron chi connectivity index (χ3n) is 10.9. The fourth-order valence-corrected chi connectivity index (χ4v) is 8.24. The molecule has 6 aromatic rings. The Balaban J connectivity index is 0.000000205. The van der Waals surface area contributed by atoms with E-state index >= 15 is 0 Å². The summed E-state index contributed by atoms with van der Waals surface area (Å²) in [5.41, 5.74) is 11.5. The van der Waals surface area contributed by atoms with Crippen molar-refractivity contribution in [2.24, 2.45) is 0 Å². The predicted molar refractivity (Wildman–Crippen MR) is 218 cm³/mol. The maximum Gasteiger partial charge on any atom is -0.0162 e. The van der Waals surface area contributed by atoms with E-state index in [9.17, 15) is 0 Å². The van der Waals surface area contributed by atoms with Crippen LogP contribution in [0.4, 0.5) is 0 Å². The zero-order chi connectivity index (χ0) is 35.0. The molecule has 2 saturated carbocycles. The van der Waals surface area contributed by atoms with Gasteiger partial charge in [-0.1, -0.05) is 131 Å². The minimum absolute atomic E-state index is 0. The van der Waals surface area contributed by atoms with Crippen LogP contribution in [-0.2, 0) is 23.3 Å². The van der Waals surface area contributed by atoms with Crippen molar-refractivity contribution in [3.8, 4) is 22.3 Å². The van der Waals surface area contributed by atoms with Crippen molar-refractivity contribution < 1.29 is 48.1 Å². The van der Waals surface area contributed by atoms with E-state index in [1.807, 2.05) is 0 Å².